The molecule has 4 saturated carbocycles. The molecule has 4 rings (SSSR count). The van der Waals surface area contributed by atoms with Gasteiger partial charge in [-0.2, -0.15) is 0 Å². The van der Waals surface area contributed by atoms with E-state index >= 15 is 0 Å². The minimum atomic E-state index is -0.193. The van der Waals surface area contributed by atoms with Crippen LogP contribution in [0, 0.1) is 96.3 Å². The molecule has 1 radical (unpaired) electrons. The van der Waals surface area contributed by atoms with Gasteiger partial charge in [-0.05, 0) is 104 Å². The van der Waals surface area contributed by atoms with Crippen molar-refractivity contribution in [2.45, 2.75) is 117 Å². The average Bonchev–Trinajstić information content (AvgIpc) is 3.00. The SMILES string of the molecule is CC(C)CCCC(C)C1CCC2C3CC(O)C4CC(O)CCC4(C)C3CCC12C.[Ac]. The third-order valence-corrected chi connectivity index (χ3v) is 10.9. The van der Waals surface area contributed by atoms with Crippen LogP contribution in [0.25, 0.3) is 0 Å². The standard InChI is InChI=1S/C27H48O2.Ac/c1-17(2)7-6-8-18(3)21-9-10-22-20-16-25(29)24-15-19(28)11-13-27(24,5)23(20)12-14-26(21,22)4;/h17-25,28-29H,6-16H2,1-5H3;. The van der Waals surface area contributed by atoms with Gasteiger partial charge in [-0.1, -0.05) is 53.9 Å². The third kappa shape index (κ3) is 4.51. The average molecular weight is 632 g/mol. The predicted molar refractivity (Wildman–Crippen MR) is 120 cm³/mol. The molecular weight excluding hydrogens is 583 g/mol. The number of aliphatic hydroxyl groups is 2. The molecule has 0 aliphatic heterocycles. The van der Waals surface area contributed by atoms with Gasteiger partial charge in [0.25, 0.3) is 0 Å². The fourth-order valence-electron chi connectivity index (χ4n) is 9.30. The van der Waals surface area contributed by atoms with Gasteiger partial charge >= 0.3 is 0 Å². The summed E-state index contributed by atoms with van der Waals surface area (Å²) in [6.45, 7) is 12.4. The van der Waals surface area contributed by atoms with Crippen LogP contribution >= 0.6 is 0 Å². The monoisotopic (exact) mass is 631 g/mol. The van der Waals surface area contributed by atoms with Crippen LogP contribution in [0.4, 0.5) is 0 Å². The summed E-state index contributed by atoms with van der Waals surface area (Å²) in [5.41, 5.74) is 0.749. The number of fused-ring (bicyclic) bond motifs is 5. The number of hydrogen-bond acceptors (Lipinski definition) is 2. The molecule has 171 valence electrons. The molecule has 0 aromatic carbocycles. The molecule has 10 atom stereocenters. The van der Waals surface area contributed by atoms with Crippen LogP contribution in [0.15, 0.2) is 0 Å². The Kier molecular flexibility index (Phi) is 8.59. The summed E-state index contributed by atoms with van der Waals surface area (Å²) in [5.74, 6) is 5.20. The molecular formula is C27H48AcO2. The Morgan fingerprint density at radius 2 is 1.47 bits per heavy atom. The molecule has 30 heavy (non-hydrogen) atoms. The molecule has 3 heteroatoms. The minimum Gasteiger partial charge on any atom is -0.393 e. The molecule has 4 aliphatic carbocycles. The van der Waals surface area contributed by atoms with Gasteiger partial charge in [0, 0.05) is 44.1 Å². The van der Waals surface area contributed by atoms with Crippen LogP contribution in [0.1, 0.15) is 105 Å². The van der Waals surface area contributed by atoms with Crippen LogP contribution in [0.5, 0.6) is 0 Å². The number of rotatable bonds is 5. The van der Waals surface area contributed by atoms with Crippen molar-refractivity contribution in [3.8, 4) is 0 Å². The van der Waals surface area contributed by atoms with Crippen LogP contribution in [-0.4, -0.2) is 22.4 Å². The van der Waals surface area contributed by atoms with E-state index in [2.05, 4.69) is 34.6 Å². The molecule has 0 heterocycles. The van der Waals surface area contributed by atoms with E-state index < -0.39 is 0 Å². The smallest absolute Gasteiger partial charge is 0.0577 e. The Bertz CT molecular complexity index is 579. The second-order valence-corrected chi connectivity index (χ2v) is 12.8. The van der Waals surface area contributed by atoms with E-state index in [1.165, 1.54) is 44.9 Å². The Morgan fingerprint density at radius 3 is 2.17 bits per heavy atom. The van der Waals surface area contributed by atoms with Crippen LogP contribution < -0.4 is 0 Å². The fraction of sp³-hybridized carbons (Fsp3) is 1.00. The molecule has 0 aromatic rings. The molecule has 2 nitrogen and oxygen atoms in total. The summed E-state index contributed by atoms with van der Waals surface area (Å²) in [5, 5.41) is 21.4. The van der Waals surface area contributed by atoms with Gasteiger partial charge in [-0.25, -0.2) is 0 Å². The summed E-state index contributed by atoms with van der Waals surface area (Å²) in [6.07, 6.45) is 13.3. The molecule has 0 spiro atoms. The van der Waals surface area contributed by atoms with Crippen molar-refractivity contribution in [3.63, 3.8) is 0 Å². The van der Waals surface area contributed by atoms with Gasteiger partial charge in [0.05, 0.1) is 12.2 Å². The van der Waals surface area contributed by atoms with Crippen molar-refractivity contribution in [2.24, 2.45) is 52.3 Å². The molecule has 2 N–H and O–H groups in total. The first-order valence-electron chi connectivity index (χ1n) is 13.0. The summed E-state index contributed by atoms with van der Waals surface area (Å²) in [6, 6.07) is 0. The van der Waals surface area contributed by atoms with Gasteiger partial charge in [-0.15, -0.1) is 0 Å². The van der Waals surface area contributed by atoms with Gasteiger partial charge in [-0.3, -0.25) is 0 Å². The van der Waals surface area contributed by atoms with E-state index in [-0.39, 0.29) is 61.7 Å². The zero-order valence-corrected chi connectivity index (χ0v) is 25.2. The first kappa shape index (κ1) is 26.0. The van der Waals surface area contributed by atoms with Crippen molar-refractivity contribution in [1.82, 2.24) is 0 Å². The summed E-state index contributed by atoms with van der Waals surface area (Å²) in [7, 11) is 0. The zero-order chi connectivity index (χ0) is 21.0. The maximum Gasteiger partial charge on any atom is 0.0577 e. The number of aliphatic hydroxyl groups excluding tert-OH is 2. The first-order chi connectivity index (χ1) is 13.7. The minimum absolute atomic E-state index is 0. The van der Waals surface area contributed by atoms with E-state index in [0.717, 1.165) is 55.3 Å². The quantitative estimate of drug-likeness (QED) is 0.367. The maximum atomic E-state index is 11.2. The normalized spacial score (nSPS) is 49.0. The number of hydrogen-bond donors (Lipinski definition) is 2. The molecule has 4 fully saturated rings. The fourth-order valence-corrected chi connectivity index (χ4v) is 9.30. The molecule has 0 aromatic heterocycles. The topological polar surface area (TPSA) is 40.5 Å². The zero-order valence-electron chi connectivity index (χ0n) is 20.4. The second-order valence-electron chi connectivity index (χ2n) is 12.8. The molecule has 4 aliphatic rings. The third-order valence-electron chi connectivity index (χ3n) is 10.9. The first-order valence-corrected chi connectivity index (χ1v) is 13.0. The Hall–Kier alpha value is 1.36. The summed E-state index contributed by atoms with van der Waals surface area (Å²) >= 11 is 0. The Morgan fingerprint density at radius 1 is 0.800 bits per heavy atom. The molecule has 0 saturated heterocycles. The summed E-state index contributed by atoms with van der Waals surface area (Å²) in [4.78, 5) is 0. The van der Waals surface area contributed by atoms with Crippen LogP contribution in [0.2, 0.25) is 0 Å². The van der Waals surface area contributed by atoms with Crippen molar-refractivity contribution in [1.29, 1.82) is 0 Å². The van der Waals surface area contributed by atoms with E-state index in [0.29, 0.717) is 17.3 Å². The summed E-state index contributed by atoms with van der Waals surface area (Å²) < 4.78 is 0. The van der Waals surface area contributed by atoms with E-state index in [4.69, 9.17) is 0 Å². The van der Waals surface area contributed by atoms with Gasteiger partial charge < -0.3 is 10.2 Å². The maximum absolute atomic E-state index is 11.2. The Balaban J connectivity index is 0.00000256. The van der Waals surface area contributed by atoms with Crippen LogP contribution in [-0.2, 0) is 0 Å². The van der Waals surface area contributed by atoms with Crippen LogP contribution in [0.3, 0.4) is 0 Å². The van der Waals surface area contributed by atoms with Crippen molar-refractivity contribution >= 4 is 0 Å². The van der Waals surface area contributed by atoms with Crippen molar-refractivity contribution < 1.29 is 54.3 Å². The second kappa shape index (κ2) is 9.92. The Labute approximate surface area is 222 Å². The van der Waals surface area contributed by atoms with E-state index in [9.17, 15) is 10.2 Å². The van der Waals surface area contributed by atoms with E-state index in [1.54, 1.807) is 0 Å². The van der Waals surface area contributed by atoms with Gasteiger partial charge in [0.2, 0.25) is 0 Å². The largest absolute Gasteiger partial charge is 0.393 e. The van der Waals surface area contributed by atoms with Gasteiger partial charge in [0.1, 0.15) is 0 Å². The predicted octanol–water partition coefficient (Wildman–Crippen LogP) is 6.44. The molecule has 0 bridgehead atoms. The van der Waals surface area contributed by atoms with E-state index in [1.807, 2.05) is 0 Å². The molecule has 0 amide bonds. The molecule has 10 unspecified atom stereocenters. The van der Waals surface area contributed by atoms with Crippen molar-refractivity contribution in [2.75, 3.05) is 0 Å². The van der Waals surface area contributed by atoms with Gasteiger partial charge in [0.15, 0.2) is 0 Å². The van der Waals surface area contributed by atoms with Crippen molar-refractivity contribution in [3.05, 3.63) is 0 Å².